The maximum atomic E-state index is 12.5. The lowest BCUT2D eigenvalue weighted by molar-refractivity contribution is 0.0889. The number of carbonyl (C=O) groups is 2. The fraction of sp³-hybridized carbons (Fsp3) is 0.611. The molecule has 1 amide bonds. The zero-order valence-corrected chi connectivity index (χ0v) is 13.8. The lowest BCUT2D eigenvalue weighted by atomic mass is 9.78. The molecule has 1 heterocycles. The molecule has 1 saturated carbocycles. The van der Waals surface area contributed by atoms with Crippen LogP contribution in [0.2, 0.25) is 0 Å². The summed E-state index contributed by atoms with van der Waals surface area (Å²) in [7, 11) is 0. The third-order valence-corrected chi connectivity index (χ3v) is 5.52. The molecule has 23 heavy (non-hydrogen) atoms. The normalized spacial score (nSPS) is 27.4. The number of hydrogen-bond donors (Lipinski definition) is 2. The Hall–Kier alpha value is -1.91. The van der Waals surface area contributed by atoms with Crippen LogP contribution in [-0.2, 0) is 6.42 Å². The van der Waals surface area contributed by atoms with E-state index in [-0.39, 0.29) is 23.3 Å². The first-order chi connectivity index (χ1) is 11.0. The molecule has 2 aliphatic carbocycles. The molecule has 0 radical (unpaired) electrons. The summed E-state index contributed by atoms with van der Waals surface area (Å²) in [4.78, 5) is 39.5. The van der Waals surface area contributed by atoms with Gasteiger partial charge in [0, 0.05) is 23.7 Å². The summed E-state index contributed by atoms with van der Waals surface area (Å²) in [6.45, 7) is 4.35. The van der Waals surface area contributed by atoms with Crippen LogP contribution in [0.1, 0.15) is 72.4 Å². The topological polar surface area (TPSA) is 79.0 Å². The van der Waals surface area contributed by atoms with E-state index in [9.17, 15) is 14.4 Å². The molecule has 0 bridgehead atoms. The summed E-state index contributed by atoms with van der Waals surface area (Å²) in [5.41, 5.74) is 0.838. The number of ketones is 1. The molecule has 0 aliphatic heterocycles. The highest BCUT2D eigenvalue weighted by Gasteiger charge is 2.29. The van der Waals surface area contributed by atoms with Gasteiger partial charge in [0.25, 0.3) is 11.5 Å². The Bertz CT molecular complexity index is 692. The first-order valence-corrected chi connectivity index (χ1v) is 8.57. The van der Waals surface area contributed by atoms with E-state index < -0.39 is 5.56 Å². The first kappa shape index (κ1) is 16.0. The molecule has 3 unspecified atom stereocenters. The number of rotatable bonds is 2. The predicted octanol–water partition coefficient (Wildman–Crippen LogP) is 2.45. The highest BCUT2D eigenvalue weighted by molar-refractivity contribution is 6.01. The van der Waals surface area contributed by atoms with E-state index in [2.05, 4.69) is 24.1 Å². The van der Waals surface area contributed by atoms with Gasteiger partial charge in [-0.1, -0.05) is 26.7 Å². The van der Waals surface area contributed by atoms with Gasteiger partial charge in [-0.05, 0) is 37.2 Å². The van der Waals surface area contributed by atoms with Gasteiger partial charge in [-0.15, -0.1) is 0 Å². The number of nitrogens with one attached hydrogen (secondary N) is 2. The number of H-pyrrole nitrogens is 1. The van der Waals surface area contributed by atoms with Crippen LogP contribution in [0.4, 0.5) is 0 Å². The lowest BCUT2D eigenvalue weighted by Crippen LogP contribution is -2.45. The predicted molar refractivity (Wildman–Crippen MR) is 87.8 cm³/mol. The number of hydrogen-bond acceptors (Lipinski definition) is 3. The molecule has 1 aromatic rings. The van der Waals surface area contributed by atoms with Crippen molar-refractivity contribution in [2.75, 3.05) is 0 Å². The SMILES string of the molecule is CC1CCCC(NC(=O)c2cc3c([nH]c2=O)CCCC3=O)C1C. The van der Waals surface area contributed by atoms with Gasteiger partial charge in [0.2, 0.25) is 0 Å². The average molecular weight is 316 g/mol. The van der Waals surface area contributed by atoms with Gasteiger partial charge < -0.3 is 10.3 Å². The molecule has 2 N–H and O–H groups in total. The number of aromatic amines is 1. The Morgan fingerprint density at radius 2 is 1.96 bits per heavy atom. The fourth-order valence-electron chi connectivity index (χ4n) is 3.78. The van der Waals surface area contributed by atoms with Gasteiger partial charge >= 0.3 is 0 Å². The monoisotopic (exact) mass is 316 g/mol. The second-order valence-corrected chi connectivity index (χ2v) is 7.03. The van der Waals surface area contributed by atoms with Crippen LogP contribution in [0.15, 0.2) is 10.9 Å². The summed E-state index contributed by atoms with van der Waals surface area (Å²) < 4.78 is 0. The van der Waals surface area contributed by atoms with Crippen molar-refractivity contribution in [2.24, 2.45) is 11.8 Å². The number of aromatic nitrogens is 1. The van der Waals surface area contributed by atoms with Crippen LogP contribution in [-0.4, -0.2) is 22.7 Å². The van der Waals surface area contributed by atoms with Crippen molar-refractivity contribution in [3.63, 3.8) is 0 Å². The van der Waals surface area contributed by atoms with Gasteiger partial charge in [0.15, 0.2) is 5.78 Å². The molecule has 5 nitrogen and oxygen atoms in total. The standard InChI is InChI=1S/C18H24N2O3/c1-10-5-3-6-14(11(10)2)19-17(22)13-9-12-15(20-18(13)23)7-4-8-16(12)21/h9-11,14H,3-8H2,1-2H3,(H,19,22)(H,20,23). The highest BCUT2D eigenvalue weighted by Crippen LogP contribution is 2.29. The van der Waals surface area contributed by atoms with Crippen LogP contribution in [0.5, 0.6) is 0 Å². The van der Waals surface area contributed by atoms with Crippen molar-refractivity contribution in [1.82, 2.24) is 10.3 Å². The van der Waals surface area contributed by atoms with E-state index in [1.165, 1.54) is 12.5 Å². The Labute approximate surface area is 135 Å². The minimum absolute atomic E-state index is 0.0104. The van der Waals surface area contributed by atoms with Crippen LogP contribution >= 0.6 is 0 Å². The number of amides is 1. The summed E-state index contributed by atoms with van der Waals surface area (Å²) in [5, 5.41) is 3.01. The fourth-order valence-corrected chi connectivity index (χ4v) is 3.78. The largest absolute Gasteiger partial charge is 0.349 e. The number of carbonyl (C=O) groups excluding carboxylic acids is 2. The van der Waals surface area contributed by atoms with E-state index in [0.29, 0.717) is 35.9 Å². The number of aryl methyl sites for hydroxylation is 1. The van der Waals surface area contributed by atoms with E-state index in [1.54, 1.807) is 0 Å². The van der Waals surface area contributed by atoms with Gasteiger partial charge in [0.05, 0.1) is 0 Å². The minimum atomic E-state index is -0.396. The summed E-state index contributed by atoms with van der Waals surface area (Å²) in [6, 6.07) is 1.58. The number of fused-ring (bicyclic) bond motifs is 1. The number of Topliss-reactive ketones (excluding diaryl/α,β-unsaturated/α-hetero) is 1. The molecule has 1 fully saturated rings. The van der Waals surface area contributed by atoms with Crippen molar-refractivity contribution in [1.29, 1.82) is 0 Å². The molecule has 0 saturated heterocycles. The van der Waals surface area contributed by atoms with Crippen molar-refractivity contribution < 1.29 is 9.59 Å². The second kappa shape index (κ2) is 6.30. The van der Waals surface area contributed by atoms with Gasteiger partial charge in [-0.3, -0.25) is 14.4 Å². The average Bonchev–Trinajstić information content (AvgIpc) is 2.51. The smallest absolute Gasteiger partial charge is 0.261 e. The van der Waals surface area contributed by atoms with Crippen LogP contribution < -0.4 is 10.9 Å². The van der Waals surface area contributed by atoms with E-state index >= 15 is 0 Å². The molecule has 0 spiro atoms. The molecule has 0 aromatic carbocycles. The maximum absolute atomic E-state index is 12.5. The Morgan fingerprint density at radius 1 is 1.17 bits per heavy atom. The molecular weight excluding hydrogens is 292 g/mol. The van der Waals surface area contributed by atoms with Crippen LogP contribution in [0.25, 0.3) is 0 Å². The van der Waals surface area contributed by atoms with Gasteiger partial charge in [-0.25, -0.2) is 0 Å². The Balaban J connectivity index is 1.84. The minimum Gasteiger partial charge on any atom is -0.349 e. The molecule has 124 valence electrons. The Morgan fingerprint density at radius 3 is 2.74 bits per heavy atom. The highest BCUT2D eigenvalue weighted by atomic mass is 16.2. The zero-order valence-electron chi connectivity index (χ0n) is 13.8. The van der Waals surface area contributed by atoms with Crippen molar-refractivity contribution >= 4 is 11.7 Å². The third-order valence-electron chi connectivity index (χ3n) is 5.52. The summed E-state index contributed by atoms with van der Waals surface area (Å²) >= 11 is 0. The summed E-state index contributed by atoms with van der Waals surface area (Å²) in [6.07, 6.45) is 5.15. The van der Waals surface area contributed by atoms with Crippen molar-refractivity contribution in [2.45, 2.75) is 58.4 Å². The second-order valence-electron chi connectivity index (χ2n) is 7.03. The molecule has 5 heteroatoms. The molecule has 3 rings (SSSR count). The Kier molecular flexibility index (Phi) is 4.37. The molecule has 1 aromatic heterocycles. The quantitative estimate of drug-likeness (QED) is 0.879. The third kappa shape index (κ3) is 3.09. The van der Waals surface area contributed by atoms with Crippen LogP contribution in [0, 0.1) is 11.8 Å². The summed E-state index contributed by atoms with van der Waals surface area (Å²) in [5.74, 6) is 0.609. The maximum Gasteiger partial charge on any atom is 0.261 e. The number of pyridine rings is 1. The van der Waals surface area contributed by atoms with Crippen molar-refractivity contribution in [3.05, 3.63) is 33.2 Å². The van der Waals surface area contributed by atoms with Gasteiger partial charge in [0.1, 0.15) is 5.56 Å². The lowest BCUT2D eigenvalue weighted by Gasteiger charge is -2.34. The van der Waals surface area contributed by atoms with E-state index in [1.807, 2.05) is 0 Å². The zero-order chi connectivity index (χ0) is 16.6. The van der Waals surface area contributed by atoms with E-state index in [4.69, 9.17) is 0 Å². The molecule has 2 aliphatic rings. The molecule has 3 atom stereocenters. The van der Waals surface area contributed by atoms with Crippen molar-refractivity contribution in [3.8, 4) is 0 Å². The molecular formula is C18H24N2O3. The first-order valence-electron chi connectivity index (χ1n) is 8.57. The van der Waals surface area contributed by atoms with E-state index in [0.717, 1.165) is 19.3 Å². The van der Waals surface area contributed by atoms with Crippen LogP contribution in [0.3, 0.4) is 0 Å². The van der Waals surface area contributed by atoms with Gasteiger partial charge in [-0.2, -0.15) is 0 Å².